The van der Waals surface area contributed by atoms with Crippen LogP contribution in [0.3, 0.4) is 0 Å². The molecule has 20 heavy (non-hydrogen) atoms. The highest BCUT2D eigenvalue weighted by molar-refractivity contribution is 7.98. The van der Waals surface area contributed by atoms with Gasteiger partial charge in [-0.15, -0.1) is 0 Å². The van der Waals surface area contributed by atoms with Crippen LogP contribution < -0.4 is 4.72 Å². The first-order valence-electron chi connectivity index (χ1n) is 6.65. The highest BCUT2D eigenvalue weighted by Gasteiger charge is 2.47. The summed E-state index contributed by atoms with van der Waals surface area (Å²) in [6.45, 7) is 6.10. The Balaban J connectivity index is 2.26. The smallest absolute Gasteiger partial charge is 0.142 e. The lowest BCUT2D eigenvalue weighted by Crippen LogP contribution is -2.45. The Morgan fingerprint density at radius 1 is 1.45 bits per heavy atom. The number of pyridine rings is 1. The van der Waals surface area contributed by atoms with Crippen molar-refractivity contribution < 1.29 is 8.78 Å². The average molecular weight is 321 g/mol. The molecule has 0 bridgehead atoms. The third-order valence-electron chi connectivity index (χ3n) is 3.29. The molecule has 0 radical (unpaired) electrons. The number of nitrogens with one attached hydrogen (secondary N) is 1. The van der Waals surface area contributed by atoms with Crippen LogP contribution in [0.5, 0.6) is 0 Å². The molecule has 6 heteroatoms. The predicted molar refractivity (Wildman–Crippen MR) is 80.1 cm³/mol. The summed E-state index contributed by atoms with van der Waals surface area (Å²) in [4.78, 5) is 4.00. The molecule has 1 aliphatic carbocycles. The van der Waals surface area contributed by atoms with Crippen LogP contribution in [0.1, 0.15) is 51.8 Å². The number of nitrogens with zero attached hydrogens (tertiary/aromatic N) is 1. The zero-order valence-electron chi connectivity index (χ0n) is 11.8. The molecule has 112 valence electrons. The summed E-state index contributed by atoms with van der Waals surface area (Å²) in [6, 6.07) is 0.566. The van der Waals surface area contributed by atoms with Gasteiger partial charge in [0.15, 0.2) is 0 Å². The van der Waals surface area contributed by atoms with Gasteiger partial charge in [0.25, 0.3) is 0 Å². The second-order valence-corrected chi connectivity index (χ2v) is 8.25. The zero-order valence-corrected chi connectivity index (χ0v) is 13.4. The van der Waals surface area contributed by atoms with Gasteiger partial charge in [0.05, 0.1) is 23.0 Å². The van der Waals surface area contributed by atoms with Gasteiger partial charge in [-0.1, -0.05) is 23.5 Å². The molecule has 0 amide bonds. The molecule has 0 aromatic carbocycles. The topological polar surface area (TPSA) is 24.9 Å². The molecule has 1 atom stereocenters. The predicted octanol–water partition coefficient (Wildman–Crippen LogP) is 4.84. The minimum Gasteiger partial charge on any atom is -0.255 e. The van der Waals surface area contributed by atoms with Crippen molar-refractivity contribution >= 4 is 23.5 Å². The van der Waals surface area contributed by atoms with E-state index in [1.54, 1.807) is 0 Å². The Hall–Kier alpha value is -0.390. The van der Waals surface area contributed by atoms with Crippen LogP contribution in [0.25, 0.3) is 0 Å². The second-order valence-electron chi connectivity index (χ2n) is 6.17. The van der Waals surface area contributed by atoms with E-state index in [9.17, 15) is 8.78 Å². The van der Waals surface area contributed by atoms with Crippen LogP contribution >= 0.6 is 23.5 Å². The number of rotatable bonds is 4. The molecule has 1 aromatic heterocycles. The number of alkyl halides is 1. The van der Waals surface area contributed by atoms with Crippen molar-refractivity contribution in [3.05, 3.63) is 28.8 Å². The van der Waals surface area contributed by atoms with Gasteiger partial charge in [-0.05, 0) is 46.1 Å². The van der Waals surface area contributed by atoms with Crippen molar-refractivity contribution in [2.45, 2.75) is 56.5 Å². The normalized spacial score (nSPS) is 19.5. The number of hydrogen-bond acceptors (Lipinski definition) is 3. The van der Waals surface area contributed by atoms with Gasteiger partial charge in [-0.3, -0.25) is 9.71 Å². The maximum atomic E-state index is 14.8. The molecule has 0 aliphatic heterocycles. The van der Waals surface area contributed by atoms with Gasteiger partial charge in [-0.25, -0.2) is 8.78 Å². The second kappa shape index (κ2) is 5.78. The third-order valence-corrected chi connectivity index (χ3v) is 4.56. The number of halogens is 3. The quantitative estimate of drug-likeness (QED) is 0.803. The van der Waals surface area contributed by atoms with Gasteiger partial charge in [-0.2, -0.15) is 0 Å². The fourth-order valence-electron chi connectivity index (χ4n) is 2.08. The lowest BCUT2D eigenvalue weighted by molar-refractivity contribution is 0.0273. The molecule has 1 aromatic rings. The SMILES string of the molecule is CC(C)(C)SN[C@H](c1ncc(F)cc1Cl)C1(F)CCC1. The highest BCUT2D eigenvalue weighted by Crippen LogP contribution is 2.47. The molecule has 1 heterocycles. The first kappa shape index (κ1) is 16.0. The highest BCUT2D eigenvalue weighted by atomic mass is 35.5. The summed E-state index contributed by atoms with van der Waals surface area (Å²) >= 11 is 7.49. The standard InChI is InChI=1S/C14H19ClF2N2S/c1-13(2,3)20-19-12(14(17)5-4-6-14)11-10(15)7-9(16)8-18-11/h7-8,12,19H,4-6H2,1-3H3/t12-/m1/s1. The number of hydrogen-bond donors (Lipinski definition) is 1. The summed E-state index contributed by atoms with van der Waals surface area (Å²) in [5.74, 6) is -0.512. The van der Waals surface area contributed by atoms with E-state index < -0.39 is 17.5 Å². The third kappa shape index (κ3) is 3.62. The average Bonchev–Trinajstić information content (AvgIpc) is 2.27. The molecule has 1 N–H and O–H groups in total. The summed E-state index contributed by atoms with van der Waals surface area (Å²) in [6.07, 6.45) is 2.89. The molecule has 0 saturated heterocycles. The number of aromatic nitrogens is 1. The van der Waals surface area contributed by atoms with E-state index in [-0.39, 0.29) is 9.77 Å². The van der Waals surface area contributed by atoms with Crippen LogP contribution in [0.4, 0.5) is 8.78 Å². The first-order chi connectivity index (χ1) is 9.21. The first-order valence-corrected chi connectivity index (χ1v) is 7.84. The van der Waals surface area contributed by atoms with E-state index in [1.807, 2.05) is 20.8 Å². The van der Waals surface area contributed by atoms with Gasteiger partial charge in [0.1, 0.15) is 11.5 Å². The van der Waals surface area contributed by atoms with Crippen molar-refractivity contribution in [3.63, 3.8) is 0 Å². The maximum absolute atomic E-state index is 14.8. The molecule has 0 spiro atoms. The van der Waals surface area contributed by atoms with Crippen LogP contribution in [0.2, 0.25) is 5.02 Å². The van der Waals surface area contributed by atoms with E-state index in [4.69, 9.17) is 11.6 Å². The maximum Gasteiger partial charge on any atom is 0.142 e. The molecule has 1 fully saturated rings. The van der Waals surface area contributed by atoms with Crippen LogP contribution in [-0.2, 0) is 0 Å². The molecule has 1 saturated carbocycles. The Bertz CT molecular complexity index is 487. The Labute approximate surface area is 127 Å². The van der Waals surface area contributed by atoms with E-state index in [1.165, 1.54) is 18.0 Å². The molecular formula is C14H19ClF2N2S. The van der Waals surface area contributed by atoms with Gasteiger partial charge < -0.3 is 0 Å². The molecule has 2 rings (SSSR count). The summed E-state index contributed by atoms with van der Waals surface area (Å²) in [5, 5.41) is 0.168. The minimum atomic E-state index is -1.35. The lowest BCUT2D eigenvalue weighted by Gasteiger charge is -2.41. The largest absolute Gasteiger partial charge is 0.255 e. The summed E-state index contributed by atoms with van der Waals surface area (Å²) in [5.41, 5.74) is -0.973. The summed E-state index contributed by atoms with van der Waals surface area (Å²) in [7, 11) is 0. The van der Waals surface area contributed by atoms with E-state index in [2.05, 4.69) is 9.71 Å². The fraction of sp³-hybridized carbons (Fsp3) is 0.643. The zero-order chi connectivity index (χ0) is 15.0. The van der Waals surface area contributed by atoms with E-state index in [0.29, 0.717) is 18.5 Å². The van der Waals surface area contributed by atoms with E-state index >= 15 is 0 Å². The van der Waals surface area contributed by atoms with Crippen molar-refractivity contribution in [3.8, 4) is 0 Å². The van der Waals surface area contributed by atoms with Crippen LogP contribution in [-0.4, -0.2) is 15.4 Å². The molecular weight excluding hydrogens is 302 g/mol. The van der Waals surface area contributed by atoms with Crippen LogP contribution in [0, 0.1) is 5.82 Å². The van der Waals surface area contributed by atoms with Crippen molar-refractivity contribution in [1.29, 1.82) is 0 Å². The van der Waals surface area contributed by atoms with Crippen molar-refractivity contribution in [2.24, 2.45) is 0 Å². The van der Waals surface area contributed by atoms with E-state index in [0.717, 1.165) is 12.6 Å². The van der Waals surface area contributed by atoms with Crippen LogP contribution in [0.15, 0.2) is 12.3 Å². The van der Waals surface area contributed by atoms with Gasteiger partial charge in [0.2, 0.25) is 0 Å². The molecule has 0 unspecified atom stereocenters. The summed E-state index contributed by atoms with van der Waals surface area (Å²) < 4.78 is 31.0. The monoisotopic (exact) mass is 320 g/mol. The fourth-order valence-corrected chi connectivity index (χ4v) is 3.14. The Kier molecular flexibility index (Phi) is 4.62. The minimum absolute atomic E-state index is 0.0646. The molecule has 2 nitrogen and oxygen atoms in total. The Morgan fingerprint density at radius 3 is 2.55 bits per heavy atom. The van der Waals surface area contributed by atoms with Gasteiger partial charge >= 0.3 is 0 Å². The Morgan fingerprint density at radius 2 is 2.10 bits per heavy atom. The molecule has 1 aliphatic rings. The lowest BCUT2D eigenvalue weighted by atomic mass is 9.75. The van der Waals surface area contributed by atoms with Gasteiger partial charge in [0, 0.05) is 4.75 Å². The van der Waals surface area contributed by atoms with Crippen molar-refractivity contribution in [1.82, 2.24) is 9.71 Å². The van der Waals surface area contributed by atoms with Crippen molar-refractivity contribution in [2.75, 3.05) is 0 Å².